The van der Waals surface area contributed by atoms with Crippen molar-refractivity contribution in [3.8, 4) is 0 Å². The van der Waals surface area contributed by atoms with Gasteiger partial charge in [-0.1, -0.05) is 0 Å². The van der Waals surface area contributed by atoms with Crippen molar-refractivity contribution in [2.45, 2.75) is 18.9 Å². The van der Waals surface area contributed by atoms with Gasteiger partial charge in [-0.3, -0.25) is 9.59 Å². The van der Waals surface area contributed by atoms with Crippen LogP contribution in [0.3, 0.4) is 0 Å². The maximum absolute atomic E-state index is 10.9. The molecule has 17 heavy (non-hydrogen) atoms. The molecule has 0 saturated carbocycles. The molecule has 0 aromatic carbocycles. The quantitative estimate of drug-likeness (QED) is 0.181. The molecule has 0 amide bonds. The summed E-state index contributed by atoms with van der Waals surface area (Å²) < 4.78 is 13.4. The van der Waals surface area contributed by atoms with E-state index in [0.29, 0.717) is 6.29 Å². The summed E-state index contributed by atoms with van der Waals surface area (Å²) in [5.41, 5.74) is 0. The summed E-state index contributed by atoms with van der Waals surface area (Å²) in [5, 5.41) is 0. The number of esters is 1. The normalized spacial score (nSPS) is 12.2. The van der Waals surface area contributed by atoms with Crippen LogP contribution < -0.4 is 0 Å². The highest BCUT2D eigenvalue weighted by Gasteiger charge is 2.14. The van der Waals surface area contributed by atoms with Gasteiger partial charge in [0, 0.05) is 12.8 Å². The molecule has 0 radical (unpaired) electrons. The standard InChI is InChI=1S/C10H12O7/c1-15-10(14)5-9(17-7-13)4-8(2-3-11)16-6-12/h3,5-8H,2,4H2,1H3. The Kier molecular flexibility index (Phi) is 7.91. The number of methoxy groups -OCH3 is 1. The van der Waals surface area contributed by atoms with Crippen LogP contribution in [0.15, 0.2) is 11.8 Å². The Balaban J connectivity index is 4.63. The summed E-state index contributed by atoms with van der Waals surface area (Å²) in [4.78, 5) is 41.5. The fourth-order valence-electron chi connectivity index (χ4n) is 0.991. The van der Waals surface area contributed by atoms with Crippen LogP contribution in [0.4, 0.5) is 0 Å². The Labute approximate surface area is 97.3 Å². The van der Waals surface area contributed by atoms with Gasteiger partial charge in [-0.05, 0) is 0 Å². The maximum atomic E-state index is 10.9. The summed E-state index contributed by atoms with van der Waals surface area (Å²) in [5.74, 6) is -0.779. The van der Waals surface area contributed by atoms with E-state index in [-0.39, 0.29) is 31.5 Å². The van der Waals surface area contributed by atoms with Crippen LogP contribution >= 0.6 is 0 Å². The van der Waals surface area contributed by atoms with Gasteiger partial charge in [0.2, 0.25) is 0 Å². The van der Waals surface area contributed by atoms with Crippen LogP contribution in [0.5, 0.6) is 0 Å². The molecule has 0 aliphatic rings. The first kappa shape index (κ1) is 14.8. The van der Waals surface area contributed by atoms with E-state index in [1.54, 1.807) is 0 Å². The van der Waals surface area contributed by atoms with E-state index in [2.05, 4.69) is 14.2 Å². The zero-order valence-electron chi connectivity index (χ0n) is 9.16. The van der Waals surface area contributed by atoms with Crippen molar-refractivity contribution in [3.05, 3.63) is 11.8 Å². The number of ether oxygens (including phenoxy) is 3. The smallest absolute Gasteiger partial charge is 0.333 e. The summed E-state index contributed by atoms with van der Waals surface area (Å²) in [6.45, 7) is 0.290. The minimum Gasteiger partial charge on any atom is -0.466 e. The second-order valence-corrected chi connectivity index (χ2v) is 2.81. The zero-order valence-corrected chi connectivity index (χ0v) is 9.16. The lowest BCUT2D eigenvalue weighted by molar-refractivity contribution is -0.135. The lowest BCUT2D eigenvalue weighted by Crippen LogP contribution is -2.15. The average Bonchev–Trinajstić information content (AvgIpc) is 2.29. The third-order valence-corrected chi connectivity index (χ3v) is 1.72. The van der Waals surface area contributed by atoms with Gasteiger partial charge in [-0.25, -0.2) is 4.79 Å². The molecule has 7 nitrogen and oxygen atoms in total. The first-order valence-electron chi connectivity index (χ1n) is 4.59. The fraction of sp³-hybridized carbons (Fsp3) is 0.400. The molecule has 0 spiro atoms. The van der Waals surface area contributed by atoms with E-state index in [0.717, 1.165) is 13.2 Å². The van der Waals surface area contributed by atoms with Crippen molar-refractivity contribution >= 4 is 25.2 Å². The van der Waals surface area contributed by atoms with Gasteiger partial charge in [0.05, 0.1) is 13.2 Å². The van der Waals surface area contributed by atoms with Crippen LogP contribution in [-0.2, 0) is 33.4 Å². The van der Waals surface area contributed by atoms with Gasteiger partial charge >= 0.3 is 5.97 Å². The van der Waals surface area contributed by atoms with Crippen molar-refractivity contribution in [1.82, 2.24) is 0 Å². The molecule has 1 unspecified atom stereocenters. The molecule has 0 aromatic heterocycles. The van der Waals surface area contributed by atoms with Gasteiger partial charge in [0.15, 0.2) is 0 Å². The van der Waals surface area contributed by atoms with E-state index >= 15 is 0 Å². The molecule has 0 aliphatic heterocycles. The molecule has 0 rings (SSSR count). The molecule has 0 fully saturated rings. The van der Waals surface area contributed by atoms with Crippen LogP contribution in [0, 0.1) is 0 Å². The highest BCUT2D eigenvalue weighted by Crippen LogP contribution is 2.11. The lowest BCUT2D eigenvalue weighted by atomic mass is 10.1. The Hall–Kier alpha value is -2.18. The summed E-state index contributed by atoms with van der Waals surface area (Å²) >= 11 is 0. The number of carbonyl (C=O) groups excluding carboxylic acids is 4. The Morgan fingerprint density at radius 2 is 1.94 bits per heavy atom. The van der Waals surface area contributed by atoms with Crippen LogP contribution in [0.25, 0.3) is 0 Å². The SMILES string of the molecule is COC(=O)C=C(CC(CC=O)OC=O)OC=O. The maximum Gasteiger partial charge on any atom is 0.333 e. The zero-order chi connectivity index (χ0) is 13.1. The number of rotatable bonds is 9. The predicted molar refractivity (Wildman–Crippen MR) is 53.5 cm³/mol. The first-order valence-corrected chi connectivity index (χ1v) is 4.59. The van der Waals surface area contributed by atoms with Gasteiger partial charge in [0.1, 0.15) is 18.1 Å². The van der Waals surface area contributed by atoms with Crippen molar-refractivity contribution < 1.29 is 33.4 Å². The fourth-order valence-corrected chi connectivity index (χ4v) is 0.991. The monoisotopic (exact) mass is 244 g/mol. The molecule has 0 saturated heterocycles. The van der Waals surface area contributed by atoms with Gasteiger partial charge in [0.25, 0.3) is 12.9 Å². The van der Waals surface area contributed by atoms with E-state index in [4.69, 9.17) is 0 Å². The highest BCUT2D eigenvalue weighted by molar-refractivity contribution is 5.82. The summed E-state index contributed by atoms with van der Waals surface area (Å²) in [7, 11) is 1.15. The minimum atomic E-state index is -0.791. The third-order valence-electron chi connectivity index (χ3n) is 1.72. The second kappa shape index (κ2) is 9.08. The van der Waals surface area contributed by atoms with Gasteiger partial charge in [-0.2, -0.15) is 0 Å². The molecule has 7 heteroatoms. The second-order valence-electron chi connectivity index (χ2n) is 2.81. The number of hydrogen-bond donors (Lipinski definition) is 0. The Morgan fingerprint density at radius 3 is 2.41 bits per heavy atom. The van der Waals surface area contributed by atoms with Crippen molar-refractivity contribution in [3.63, 3.8) is 0 Å². The minimum absolute atomic E-state index is 0.0550. The first-order chi connectivity index (χ1) is 8.17. The largest absolute Gasteiger partial charge is 0.466 e. The Morgan fingerprint density at radius 1 is 1.24 bits per heavy atom. The van der Waals surface area contributed by atoms with E-state index in [1.165, 1.54) is 0 Å². The van der Waals surface area contributed by atoms with Crippen LogP contribution in [0.1, 0.15) is 12.8 Å². The third kappa shape index (κ3) is 6.82. The average molecular weight is 244 g/mol. The van der Waals surface area contributed by atoms with Crippen molar-refractivity contribution in [2.75, 3.05) is 7.11 Å². The molecule has 0 heterocycles. The Bertz CT molecular complexity index is 298. The molecule has 0 aromatic rings. The van der Waals surface area contributed by atoms with Crippen LogP contribution in [0.2, 0.25) is 0 Å². The van der Waals surface area contributed by atoms with Crippen molar-refractivity contribution in [2.24, 2.45) is 0 Å². The summed E-state index contributed by atoms with van der Waals surface area (Å²) in [6, 6.07) is 0. The van der Waals surface area contributed by atoms with Gasteiger partial charge in [-0.15, -0.1) is 0 Å². The molecule has 0 aliphatic carbocycles. The topological polar surface area (TPSA) is 96.0 Å². The summed E-state index contributed by atoms with van der Waals surface area (Å²) in [6.07, 6.45) is 0.538. The van der Waals surface area contributed by atoms with E-state index < -0.39 is 12.1 Å². The van der Waals surface area contributed by atoms with Crippen molar-refractivity contribution in [1.29, 1.82) is 0 Å². The molecular weight excluding hydrogens is 232 g/mol. The number of carbonyl (C=O) groups is 4. The predicted octanol–water partition coefficient (Wildman–Crippen LogP) is -0.263. The molecule has 94 valence electrons. The molecular formula is C10H12O7. The molecule has 0 bridgehead atoms. The molecule has 1 atom stereocenters. The number of hydrogen-bond acceptors (Lipinski definition) is 7. The van der Waals surface area contributed by atoms with E-state index in [1.807, 2.05) is 0 Å². The highest BCUT2D eigenvalue weighted by atomic mass is 16.5. The van der Waals surface area contributed by atoms with E-state index in [9.17, 15) is 19.2 Å². The van der Waals surface area contributed by atoms with Crippen LogP contribution in [-0.4, -0.2) is 38.4 Å². The van der Waals surface area contributed by atoms with Gasteiger partial charge < -0.3 is 19.0 Å². The molecule has 0 N–H and O–H groups in total. The lowest BCUT2D eigenvalue weighted by Gasteiger charge is -2.12. The number of aldehydes is 1.